The van der Waals surface area contributed by atoms with Crippen LogP contribution >= 0.6 is 0 Å². The van der Waals surface area contributed by atoms with E-state index in [1.807, 2.05) is 0 Å². The minimum atomic E-state index is 0.193. The molecule has 1 fully saturated rings. The Morgan fingerprint density at radius 3 is 2.58 bits per heavy atom. The van der Waals surface area contributed by atoms with Crippen molar-refractivity contribution in [3.8, 4) is 0 Å². The summed E-state index contributed by atoms with van der Waals surface area (Å²) < 4.78 is 0. The van der Waals surface area contributed by atoms with Gasteiger partial charge in [0, 0.05) is 25.2 Å². The lowest BCUT2D eigenvalue weighted by molar-refractivity contribution is 0.199. The normalized spacial score (nSPS) is 24.6. The van der Waals surface area contributed by atoms with Crippen LogP contribution in [-0.2, 0) is 0 Å². The van der Waals surface area contributed by atoms with Gasteiger partial charge in [-0.3, -0.25) is 0 Å². The fourth-order valence-electron chi connectivity index (χ4n) is 3.38. The molecule has 0 heterocycles. The molecule has 0 spiro atoms. The third-order valence-electron chi connectivity index (χ3n) is 4.44. The van der Waals surface area contributed by atoms with Gasteiger partial charge in [0.25, 0.3) is 0 Å². The molecule has 1 saturated carbocycles. The van der Waals surface area contributed by atoms with Crippen LogP contribution in [0.2, 0.25) is 0 Å². The summed E-state index contributed by atoms with van der Waals surface area (Å²) >= 11 is 0. The molecule has 1 aromatic rings. The van der Waals surface area contributed by atoms with Gasteiger partial charge in [-0.05, 0) is 49.3 Å². The van der Waals surface area contributed by atoms with Gasteiger partial charge in [-0.25, -0.2) is 0 Å². The Balaban J connectivity index is 2.16. The third kappa shape index (κ3) is 3.16. The van der Waals surface area contributed by atoms with E-state index < -0.39 is 0 Å². The number of hydrogen-bond donors (Lipinski definition) is 3. The Morgan fingerprint density at radius 2 is 2.00 bits per heavy atom. The van der Waals surface area contributed by atoms with Crippen LogP contribution in [0.1, 0.15) is 42.0 Å². The number of benzene rings is 1. The van der Waals surface area contributed by atoms with Crippen LogP contribution in [0.3, 0.4) is 0 Å². The predicted octanol–water partition coefficient (Wildman–Crippen LogP) is 2.05. The Hall–Kier alpha value is -0.900. The molecule has 4 N–H and O–H groups in total. The Bertz CT molecular complexity index is 399. The molecule has 19 heavy (non-hydrogen) atoms. The Morgan fingerprint density at radius 1 is 1.32 bits per heavy atom. The highest BCUT2D eigenvalue weighted by Crippen LogP contribution is 2.29. The lowest BCUT2D eigenvalue weighted by atomic mass is 9.94. The van der Waals surface area contributed by atoms with Crippen molar-refractivity contribution in [2.75, 3.05) is 13.2 Å². The van der Waals surface area contributed by atoms with Crippen molar-refractivity contribution in [3.63, 3.8) is 0 Å². The van der Waals surface area contributed by atoms with Crippen LogP contribution in [0, 0.1) is 19.8 Å². The van der Waals surface area contributed by atoms with E-state index in [2.05, 4.69) is 37.4 Å². The van der Waals surface area contributed by atoms with E-state index in [1.54, 1.807) is 0 Å². The zero-order chi connectivity index (χ0) is 13.8. The molecule has 0 radical (unpaired) electrons. The molecule has 0 aromatic heterocycles. The SMILES string of the molecule is Cc1cccc(C)c1C(CN)NC1CCCC1CO. The molecule has 0 bridgehead atoms. The first-order valence-corrected chi connectivity index (χ1v) is 7.30. The number of nitrogens with two attached hydrogens (primary N) is 1. The smallest absolute Gasteiger partial charge is 0.0474 e. The predicted molar refractivity (Wildman–Crippen MR) is 79.1 cm³/mol. The van der Waals surface area contributed by atoms with Crippen LogP contribution < -0.4 is 11.1 Å². The lowest BCUT2D eigenvalue weighted by Crippen LogP contribution is -2.40. The lowest BCUT2D eigenvalue weighted by Gasteiger charge is -2.28. The van der Waals surface area contributed by atoms with Crippen molar-refractivity contribution in [2.24, 2.45) is 11.7 Å². The molecule has 1 aromatic carbocycles. The number of nitrogens with one attached hydrogen (secondary N) is 1. The maximum absolute atomic E-state index is 9.43. The van der Waals surface area contributed by atoms with E-state index in [0.29, 0.717) is 18.5 Å². The first kappa shape index (κ1) is 14.5. The fourth-order valence-corrected chi connectivity index (χ4v) is 3.38. The average Bonchev–Trinajstić information content (AvgIpc) is 2.84. The van der Waals surface area contributed by atoms with Crippen molar-refractivity contribution in [3.05, 3.63) is 34.9 Å². The van der Waals surface area contributed by atoms with E-state index in [4.69, 9.17) is 5.73 Å². The quantitative estimate of drug-likeness (QED) is 0.761. The fraction of sp³-hybridized carbons (Fsp3) is 0.625. The van der Waals surface area contributed by atoms with Crippen molar-refractivity contribution >= 4 is 0 Å². The maximum Gasteiger partial charge on any atom is 0.0474 e. The number of aliphatic hydroxyl groups is 1. The second kappa shape index (κ2) is 6.51. The van der Waals surface area contributed by atoms with Crippen molar-refractivity contribution in [1.82, 2.24) is 5.32 Å². The summed E-state index contributed by atoms with van der Waals surface area (Å²) in [5.41, 5.74) is 9.90. The summed E-state index contributed by atoms with van der Waals surface area (Å²) in [6, 6.07) is 6.97. The van der Waals surface area contributed by atoms with E-state index in [9.17, 15) is 5.11 Å². The highest BCUT2D eigenvalue weighted by molar-refractivity contribution is 5.36. The van der Waals surface area contributed by atoms with Gasteiger partial charge in [0.15, 0.2) is 0 Å². The van der Waals surface area contributed by atoms with E-state index in [0.717, 1.165) is 12.8 Å². The minimum Gasteiger partial charge on any atom is -0.396 e. The molecule has 3 heteroatoms. The van der Waals surface area contributed by atoms with Crippen molar-refractivity contribution < 1.29 is 5.11 Å². The molecule has 3 nitrogen and oxygen atoms in total. The number of rotatable bonds is 5. The molecule has 3 unspecified atom stereocenters. The molecule has 0 aliphatic heterocycles. The largest absolute Gasteiger partial charge is 0.396 e. The monoisotopic (exact) mass is 262 g/mol. The van der Waals surface area contributed by atoms with Gasteiger partial charge in [0.2, 0.25) is 0 Å². The van der Waals surface area contributed by atoms with Crippen LogP contribution in [0.4, 0.5) is 0 Å². The molecule has 106 valence electrons. The van der Waals surface area contributed by atoms with E-state index >= 15 is 0 Å². The van der Waals surface area contributed by atoms with Gasteiger partial charge >= 0.3 is 0 Å². The second-order valence-electron chi connectivity index (χ2n) is 5.74. The van der Waals surface area contributed by atoms with Crippen LogP contribution in [0.25, 0.3) is 0 Å². The topological polar surface area (TPSA) is 58.3 Å². The van der Waals surface area contributed by atoms with Gasteiger partial charge in [0.05, 0.1) is 0 Å². The minimum absolute atomic E-state index is 0.193. The van der Waals surface area contributed by atoms with Crippen molar-refractivity contribution in [1.29, 1.82) is 0 Å². The zero-order valence-electron chi connectivity index (χ0n) is 12.0. The Kier molecular flexibility index (Phi) is 4.97. The summed E-state index contributed by atoms with van der Waals surface area (Å²) in [7, 11) is 0. The number of aryl methyl sites for hydroxylation is 2. The van der Waals surface area contributed by atoms with Crippen LogP contribution in [-0.4, -0.2) is 24.3 Å². The molecule has 0 saturated heterocycles. The van der Waals surface area contributed by atoms with Crippen molar-refractivity contribution in [2.45, 2.75) is 45.2 Å². The molecule has 2 rings (SSSR count). The summed E-state index contributed by atoms with van der Waals surface area (Å²) in [6.45, 7) is 5.16. The Labute approximate surface area is 116 Å². The summed E-state index contributed by atoms with van der Waals surface area (Å²) in [5, 5.41) is 13.1. The zero-order valence-corrected chi connectivity index (χ0v) is 12.0. The molecular formula is C16H26N2O. The van der Waals surface area contributed by atoms with Crippen LogP contribution in [0.15, 0.2) is 18.2 Å². The summed E-state index contributed by atoms with van der Waals surface area (Å²) in [6.07, 6.45) is 3.47. The first-order chi connectivity index (χ1) is 9.17. The number of aliphatic hydroxyl groups excluding tert-OH is 1. The molecular weight excluding hydrogens is 236 g/mol. The van der Waals surface area contributed by atoms with Gasteiger partial charge < -0.3 is 16.2 Å². The van der Waals surface area contributed by atoms with E-state index in [1.165, 1.54) is 23.1 Å². The first-order valence-electron chi connectivity index (χ1n) is 7.30. The molecule has 0 amide bonds. The van der Waals surface area contributed by atoms with Gasteiger partial charge in [-0.1, -0.05) is 24.6 Å². The molecule has 1 aliphatic carbocycles. The van der Waals surface area contributed by atoms with Gasteiger partial charge in [-0.15, -0.1) is 0 Å². The third-order valence-corrected chi connectivity index (χ3v) is 4.44. The average molecular weight is 262 g/mol. The van der Waals surface area contributed by atoms with Gasteiger partial charge in [0.1, 0.15) is 0 Å². The molecule has 1 aliphatic rings. The number of hydrogen-bond acceptors (Lipinski definition) is 3. The second-order valence-corrected chi connectivity index (χ2v) is 5.74. The molecule has 3 atom stereocenters. The standard InChI is InChI=1S/C16H26N2O/c1-11-5-3-6-12(2)16(11)15(9-17)18-14-8-4-7-13(14)10-19/h3,5-6,13-15,18-19H,4,7-10,17H2,1-2H3. The summed E-state index contributed by atoms with van der Waals surface area (Å²) in [5.74, 6) is 0.387. The van der Waals surface area contributed by atoms with Crippen LogP contribution in [0.5, 0.6) is 0 Å². The highest BCUT2D eigenvalue weighted by Gasteiger charge is 2.29. The summed E-state index contributed by atoms with van der Waals surface area (Å²) in [4.78, 5) is 0. The highest BCUT2D eigenvalue weighted by atomic mass is 16.3. The van der Waals surface area contributed by atoms with Gasteiger partial charge in [-0.2, -0.15) is 0 Å². The van der Waals surface area contributed by atoms with E-state index in [-0.39, 0.29) is 12.6 Å². The maximum atomic E-state index is 9.43.